The zero-order valence-electron chi connectivity index (χ0n) is 18.2. The number of carbonyl (C=O) groups is 1. The standard InChI is InChI=1S/C23H37N5O.HI/c1-25-22(27-18-23(12-7-13-23)20-8-3-2-4-9-20)26-14-5-6-15-28-16-10-19(11-17-28)21(24)29;/h2-4,8-9,19H,5-7,10-18H2,1H3,(H2,24,29)(H2,25,26,27);1H. The molecule has 1 saturated heterocycles. The summed E-state index contributed by atoms with van der Waals surface area (Å²) < 4.78 is 0. The van der Waals surface area contributed by atoms with Gasteiger partial charge in [-0.1, -0.05) is 36.8 Å². The molecule has 1 aromatic carbocycles. The molecule has 4 N–H and O–H groups in total. The average molecular weight is 527 g/mol. The van der Waals surface area contributed by atoms with Gasteiger partial charge in [-0.05, 0) is 63.7 Å². The molecule has 1 saturated carbocycles. The number of likely N-dealkylation sites (tertiary alicyclic amines) is 1. The Labute approximate surface area is 198 Å². The molecule has 0 spiro atoms. The number of unbranched alkanes of at least 4 members (excludes halogenated alkanes) is 1. The highest BCUT2D eigenvalue weighted by molar-refractivity contribution is 14.0. The van der Waals surface area contributed by atoms with Crippen LogP contribution >= 0.6 is 24.0 Å². The fourth-order valence-corrected chi connectivity index (χ4v) is 4.54. The van der Waals surface area contributed by atoms with Crippen molar-refractivity contribution in [3.05, 3.63) is 35.9 Å². The lowest BCUT2D eigenvalue weighted by Gasteiger charge is -2.43. The SMILES string of the molecule is CN=C(NCCCCN1CCC(C(N)=O)CC1)NCC1(c2ccccc2)CCC1.I. The maximum Gasteiger partial charge on any atom is 0.220 e. The van der Waals surface area contributed by atoms with Crippen LogP contribution < -0.4 is 16.4 Å². The fraction of sp³-hybridized carbons (Fsp3) is 0.652. The van der Waals surface area contributed by atoms with Crippen LogP contribution in [0, 0.1) is 5.92 Å². The minimum Gasteiger partial charge on any atom is -0.369 e. The molecule has 0 unspecified atom stereocenters. The number of carbonyl (C=O) groups excluding carboxylic acids is 1. The molecule has 1 amide bonds. The van der Waals surface area contributed by atoms with Gasteiger partial charge in [-0.3, -0.25) is 9.79 Å². The van der Waals surface area contributed by atoms with Gasteiger partial charge in [0.25, 0.3) is 0 Å². The van der Waals surface area contributed by atoms with E-state index < -0.39 is 0 Å². The second-order valence-electron chi connectivity index (χ2n) is 8.58. The van der Waals surface area contributed by atoms with Crippen molar-refractivity contribution in [2.45, 2.75) is 50.4 Å². The summed E-state index contributed by atoms with van der Waals surface area (Å²) in [6.07, 6.45) is 7.88. The summed E-state index contributed by atoms with van der Waals surface area (Å²) in [5.74, 6) is 0.843. The summed E-state index contributed by atoms with van der Waals surface area (Å²) in [6, 6.07) is 10.9. The Morgan fingerprint density at radius 3 is 2.43 bits per heavy atom. The number of primary amides is 1. The molecule has 0 atom stereocenters. The molecule has 6 nitrogen and oxygen atoms in total. The largest absolute Gasteiger partial charge is 0.369 e. The second kappa shape index (κ2) is 12.5. The first-order valence-corrected chi connectivity index (χ1v) is 11.1. The van der Waals surface area contributed by atoms with Crippen molar-refractivity contribution in [1.29, 1.82) is 0 Å². The monoisotopic (exact) mass is 527 g/mol. The van der Waals surface area contributed by atoms with Crippen LogP contribution in [0.2, 0.25) is 0 Å². The predicted molar refractivity (Wildman–Crippen MR) is 134 cm³/mol. The Morgan fingerprint density at radius 1 is 1.17 bits per heavy atom. The lowest BCUT2D eigenvalue weighted by Crippen LogP contribution is -2.49. The Hall–Kier alpha value is -1.35. The number of hydrogen-bond donors (Lipinski definition) is 3. The number of aliphatic imine (C=N–C) groups is 1. The van der Waals surface area contributed by atoms with E-state index in [2.05, 4.69) is 50.9 Å². The predicted octanol–water partition coefficient (Wildman–Crippen LogP) is 2.87. The Kier molecular flexibility index (Phi) is 10.4. The van der Waals surface area contributed by atoms with E-state index in [4.69, 9.17) is 5.73 Å². The highest BCUT2D eigenvalue weighted by Gasteiger charge is 2.38. The molecule has 1 aromatic rings. The third-order valence-corrected chi connectivity index (χ3v) is 6.70. The lowest BCUT2D eigenvalue weighted by atomic mass is 9.64. The molecular weight excluding hydrogens is 489 g/mol. The minimum atomic E-state index is -0.135. The van der Waals surface area contributed by atoms with Crippen molar-refractivity contribution in [3.63, 3.8) is 0 Å². The van der Waals surface area contributed by atoms with Crippen molar-refractivity contribution in [1.82, 2.24) is 15.5 Å². The molecule has 0 aromatic heterocycles. The zero-order valence-corrected chi connectivity index (χ0v) is 20.6. The maximum absolute atomic E-state index is 11.2. The molecule has 0 bridgehead atoms. The molecule has 0 radical (unpaired) electrons. The Bertz CT molecular complexity index is 669. The normalized spacial score (nSPS) is 19.4. The van der Waals surface area contributed by atoms with Crippen molar-refractivity contribution in [2.75, 3.05) is 39.8 Å². The van der Waals surface area contributed by atoms with E-state index >= 15 is 0 Å². The van der Waals surface area contributed by atoms with Crippen molar-refractivity contribution < 1.29 is 4.79 Å². The molecule has 2 fully saturated rings. The molecule has 2 aliphatic rings. The minimum absolute atomic E-state index is 0. The fourth-order valence-electron chi connectivity index (χ4n) is 4.54. The van der Waals surface area contributed by atoms with E-state index in [-0.39, 0.29) is 41.2 Å². The van der Waals surface area contributed by atoms with Crippen molar-refractivity contribution in [3.8, 4) is 0 Å². The lowest BCUT2D eigenvalue weighted by molar-refractivity contribution is -0.123. The first-order valence-electron chi connectivity index (χ1n) is 11.1. The average Bonchev–Trinajstić information content (AvgIpc) is 2.72. The number of nitrogens with two attached hydrogens (primary N) is 1. The van der Waals surface area contributed by atoms with Gasteiger partial charge in [0.05, 0.1) is 0 Å². The Balaban J connectivity index is 0.00000320. The number of piperidine rings is 1. The van der Waals surface area contributed by atoms with Gasteiger partial charge in [0, 0.05) is 31.5 Å². The van der Waals surface area contributed by atoms with Crippen molar-refractivity contribution >= 4 is 35.8 Å². The van der Waals surface area contributed by atoms with E-state index in [1.54, 1.807) is 0 Å². The molecule has 7 heteroatoms. The molecule has 3 rings (SSSR count). The van der Waals surface area contributed by atoms with Crippen LogP contribution in [0.5, 0.6) is 0 Å². The summed E-state index contributed by atoms with van der Waals surface area (Å²) in [6.45, 7) is 4.94. The van der Waals surface area contributed by atoms with Crippen LogP contribution in [-0.4, -0.2) is 56.5 Å². The molecular formula is C23H38IN5O. The van der Waals surface area contributed by atoms with E-state index in [0.29, 0.717) is 0 Å². The van der Waals surface area contributed by atoms with Crippen LogP contribution in [0.1, 0.15) is 50.5 Å². The zero-order chi connectivity index (χ0) is 20.5. The topological polar surface area (TPSA) is 82.8 Å². The van der Waals surface area contributed by atoms with Gasteiger partial charge in [-0.2, -0.15) is 0 Å². The second-order valence-corrected chi connectivity index (χ2v) is 8.58. The summed E-state index contributed by atoms with van der Waals surface area (Å²) in [5, 5.41) is 7.01. The number of guanidine groups is 1. The van der Waals surface area contributed by atoms with Crippen LogP contribution in [0.3, 0.4) is 0 Å². The number of nitrogens with zero attached hydrogens (tertiary/aromatic N) is 2. The van der Waals surface area contributed by atoms with Gasteiger partial charge in [0.15, 0.2) is 5.96 Å². The smallest absolute Gasteiger partial charge is 0.220 e. The number of rotatable bonds is 9. The number of nitrogens with one attached hydrogen (secondary N) is 2. The van der Waals surface area contributed by atoms with E-state index in [0.717, 1.165) is 64.4 Å². The van der Waals surface area contributed by atoms with Crippen molar-refractivity contribution in [2.24, 2.45) is 16.6 Å². The van der Waals surface area contributed by atoms with Crippen LogP contribution in [0.4, 0.5) is 0 Å². The number of halogens is 1. The third-order valence-electron chi connectivity index (χ3n) is 6.70. The molecule has 30 heavy (non-hydrogen) atoms. The molecule has 168 valence electrons. The number of amides is 1. The maximum atomic E-state index is 11.2. The molecule has 1 aliphatic heterocycles. The first kappa shape index (κ1) is 24.9. The highest BCUT2D eigenvalue weighted by Crippen LogP contribution is 2.43. The number of hydrogen-bond acceptors (Lipinski definition) is 3. The van der Waals surface area contributed by atoms with E-state index in [9.17, 15) is 4.79 Å². The van der Waals surface area contributed by atoms with Gasteiger partial charge in [-0.15, -0.1) is 24.0 Å². The van der Waals surface area contributed by atoms with Gasteiger partial charge >= 0.3 is 0 Å². The van der Waals surface area contributed by atoms with Gasteiger partial charge in [0.2, 0.25) is 5.91 Å². The van der Waals surface area contributed by atoms with Crippen LogP contribution in [0.15, 0.2) is 35.3 Å². The summed E-state index contributed by atoms with van der Waals surface area (Å²) in [4.78, 5) is 18.1. The van der Waals surface area contributed by atoms with E-state index in [1.807, 2.05) is 7.05 Å². The first-order chi connectivity index (χ1) is 14.1. The Morgan fingerprint density at radius 2 is 1.87 bits per heavy atom. The summed E-state index contributed by atoms with van der Waals surface area (Å²) in [5.41, 5.74) is 7.11. The van der Waals surface area contributed by atoms with Gasteiger partial charge in [0.1, 0.15) is 0 Å². The third kappa shape index (κ3) is 6.83. The summed E-state index contributed by atoms with van der Waals surface area (Å²) in [7, 11) is 1.84. The van der Waals surface area contributed by atoms with E-state index in [1.165, 1.54) is 24.8 Å². The van der Waals surface area contributed by atoms with Gasteiger partial charge < -0.3 is 21.3 Å². The molecule has 1 heterocycles. The summed E-state index contributed by atoms with van der Waals surface area (Å²) >= 11 is 0. The molecule has 1 aliphatic carbocycles. The number of benzene rings is 1. The van der Waals surface area contributed by atoms with Gasteiger partial charge in [-0.25, -0.2) is 0 Å². The highest BCUT2D eigenvalue weighted by atomic mass is 127. The quantitative estimate of drug-likeness (QED) is 0.200. The van der Waals surface area contributed by atoms with Crippen LogP contribution in [0.25, 0.3) is 0 Å². The van der Waals surface area contributed by atoms with Crippen LogP contribution in [-0.2, 0) is 10.2 Å².